The molecule has 0 saturated carbocycles. The fraction of sp³-hybridized carbons (Fsp3) is 0.308. The van der Waals surface area contributed by atoms with Crippen molar-refractivity contribution in [3.05, 3.63) is 45.9 Å². The Morgan fingerprint density at radius 2 is 2.24 bits per heavy atom. The predicted octanol–water partition coefficient (Wildman–Crippen LogP) is 2.40. The normalized spacial score (nSPS) is 10.5. The van der Waals surface area contributed by atoms with Crippen LogP contribution in [-0.2, 0) is 19.4 Å². The molecule has 90 valence electrons. The van der Waals surface area contributed by atoms with Crippen LogP contribution in [0, 0.1) is 0 Å². The van der Waals surface area contributed by atoms with Crippen molar-refractivity contribution in [3.8, 4) is 5.75 Å². The Kier molecular flexibility index (Phi) is 4.12. The van der Waals surface area contributed by atoms with Gasteiger partial charge in [-0.15, -0.1) is 11.3 Å². The van der Waals surface area contributed by atoms with Gasteiger partial charge in [-0.25, -0.2) is 4.98 Å². The van der Waals surface area contributed by atoms with Crippen molar-refractivity contribution in [1.82, 2.24) is 4.98 Å². The zero-order chi connectivity index (χ0) is 12.1. The standard InChI is InChI=1S/C13H16N2OS/c1-16-12-4-2-3-10(7-12)5-6-11-9-17-13(8-14)15-11/h2-4,7,9H,5-6,8,14H2,1H3. The van der Waals surface area contributed by atoms with Gasteiger partial charge in [-0.05, 0) is 30.5 Å². The molecule has 0 aliphatic heterocycles. The molecule has 4 heteroatoms. The fourth-order valence-corrected chi connectivity index (χ4v) is 2.37. The van der Waals surface area contributed by atoms with Gasteiger partial charge in [-0.3, -0.25) is 0 Å². The van der Waals surface area contributed by atoms with Crippen molar-refractivity contribution in [2.24, 2.45) is 5.73 Å². The molecule has 1 aromatic carbocycles. The van der Waals surface area contributed by atoms with Crippen molar-refractivity contribution in [2.45, 2.75) is 19.4 Å². The molecule has 0 aliphatic carbocycles. The van der Waals surface area contributed by atoms with E-state index < -0.39 is 0 Å². The molecule has 1 aromatic heterocycles. The van der Waals surface area contributed by atoms with E-state index in [2.05, 4.69) is 22.5 Å². The average molecular weight is 248 g/mol. The first kappa shape index (κ1) is 12.1. The molecular weight excluding hydrogens is 232 g/mol. The molecule has 0 amide bonds. The Morgan fingerprint density at radius 1 is 1.35 bits per heavy atom. The van der Waals surface area contributed by atoms with E-state index in [1.54, 1.807) is 18.4 Å². The zero-order valence-corrected chi connectivity index (χ0v) is 10.7. The first-order valence-electron chi connectivity index (χ1n) is 5.58. The molecule has 0 spiro atoms. The van der Waals surface area contributed by atoms with Gasteiger partial charge in [0.15, 0.2) is 0 Å². The molecule has 0 fully saturated rings. The lowest BCUT2D eigenvalue weighted by molar-refractivity contribution is 0.414. The Hall–Kier alpha value is -1.39. The largest absolute Gasteiger partial charge is 0.497 e. The van der Waals surface area contributed by atoms with Gasteiger partial charge in [0.1, 0.15) is 10.8 Å². The van der Waals surface area contributed by atoms with Gasteiger partial charge in [-0.1, -0.05) is 12.1 Å². The Balaban J connectivity index is 1.96. The summed E-state index contributed by atoms with van der Waals surface area (Å²) in [7, 11) is 1.69. The van der Waals surface area contributed by atoms with Crippen molar-refractivity contribution in [3.63, 3.8) is 0 Å². The van der Waals surface area contributed by atoms with E-state index in [1.807, 2.05) is 12.1 Å². The number of nitrogens with two attached hydrogens (primary N) is 1. The summed E-state index contributed by atoms with van der Waals surface area (Å²) in [6.07, 6.45) is 1.93. The van der Waals surface area contributed by atoms with Crippen LogP contribution in [0.1, 0.15) is 16.3 Å². The van der Waals surface area contributed by atoms with Crippen LogP contribution in [0.15, 0.2) is 29.6 Å². The maximum absolute atomic E-state index is 5.54. The molecule has 2 rings (SSSR count). The van der Waals surface area contributed by atoms with Crippen LogP contribution in [0.2, 0.25) is 0 Å². The van der Waals surface area contributed by atoms with Crippen molar-refractivity contribution < 1.29 is 4.74 Å². The summed E-state index contributed by atoms with van der Waals surface area (Å²) in [6.45, 7) is 0.532. The molecule has 0 unspecified atom stereocenters. The number of rotatable bonds is 5. The summed E-state index contributed by atoms with van der Waals surface area (Å²) in [6, 6.07) is 8.15. The highest BCUT2D eigenvalue weighted by Gasteiger charge is 2.02. The summed E-state index contributed by atoms with van der Waals surface area (Å²) < 4.78 is 5.20. The average Bonchev–Trinajstić information content (AvgIpc) is 2.84. The smallest absolute Gasteiger partial charge is 0.119 e. The van der Waals surface area contributed by atoms with Crippen LogP contribution in [0.25, 0.3) is 0 Å². The Labute approximate surface area is 105 Å². The summed E-state index contributed by atoms with van der Waals surface area (Å²) in [5.74, 6) is 0.906. The monoisotopic (exact) mass is 248 g/mol. The topological polar surface area (TPSA) is 48.1 Å². The Morgan fingerprint density at radius 3 is 2.94 bits per heavy atom. The van der Waals surface area contributed by atoms with Gasteiger partial charge in [0.25, 0.3) is 0 Å². The van der Waals surface area contributed by atoms with Crippen molar-refractivity contribution in [2.75, 3.05) is 7.11 Å². The SMILES string of the molecule is COc1cccc(CCc2csc(CN)n2)c1. The fourth-order valence-electron chi connectivity index (χ4n) is 1.66. The first-order valence-corrected chi connectivity index (χ1v) is 6.46. The molecule has 3 nitrogen and oxygen atoms in total. The Bertz CT molecular complexity index is 482. The molecule has 17 heavy (non-hydrogen) atoms. The van der Waals surface area contributed by atoms with Gasteiger partial charge in [0.2, 0.25) is 0 Å². The van der Waals surface area contributed by atoms with Crippen LogP contribution in [0.4, 0.5) is 0 Å². The number of hydrogen-bond acceptors (Lipinski definition) is 4. The van der Waals surface area contributed by atoms with E-state index in [0.29, 0.717) is 6.54 Å². The number of nitrogens with zero attached hydrogens (tertiary/aromatic N) is 1. The number of hydrogen-bond donors (Lipinski definition) is 1. The van der Waals surface area contributed by atoms with Crippen molar-refractivity contribution >= 4 is 11.3 Å². The van der Waals surface area contributed by atoms with Crippen molar-refractivity contribution in [1.29, 1.82) is 0 Å². The number of thiazole rings is 1. The van der Waals surface area contributed by atoms with Crippen LogP contribution < -0.4 is 10.5 Å². The maximum atomic E-state index is 5.54. The van der Waals surface area contributed by atoms with Crippen LogP contribution in [0.5, 0.6) is 5.75 Å². The maximum Gasteiger partial charge on any atom is 0.119 e. The van der Waals surface area contributed by atoms with Gasteiger partial charge >= 0.3 is 0 Å². The highest BCUT2D eigenvalue weighted by atomic mass is 32.1. The second kappa shape index (κ2) is 5.80. The molecule has 0 radical (unpaired) electrons. The zero-order valence-electron chi connectivity index (χ0n) is 9.85. The highest BCUT2D eigenvalue weighted by Crippen LogP contribution is 2.16. The van der Waals surface area contributed by atoms with Gasteiger partial charge in [-0.2, -0.15) is 0 Å². The first-order chi connectivity index (χ1) is 8.31. The number of ether oxygens (including phenoxy) is 1. The third-order valence-corrected chi connectivity index (χ3v) is 3.50. The van der Waals surface area contributed by atoms with E-state index in [1.165, 1.54) is 5.56 Å². The molecule has 2 N–H and O–H groups in total. The molecule has 0 atom stereocenters. The summed E-state index contributed by atoms with van der Waals surface area (Å²) in [5, 5.41) is 3.09. The summed E-state index contributed by atoms with van der Waals surface area (Å²) in [4.78, 5) is 4.45. The minimum Gasteiger partial charge on any atom is -0.497 e. The number of benzene rings is 1. The minimum absolute atomic E-state index is 0.532. The molecule has 2 aromatic rings. The van der Waals surface area contributed by atoms with E-state index >= 15 is 0 Å². The van der Waals surface area contributed by atoms with Gasteiger partial charge < -0.3 is 10.5 Å². The molecule has 0 bridgehead atoms. The summed E-state index contributed by atoms with van der Waals surface area (Å²) in [5.41, 5.74) is 7.93. The quantitative estimate of drug-likeness (QED) is 0.884. The molecule has 0 aliphatic rings. The van der Waals surface area contributed by atoms with E-state index in [0.717, 1.165) is 29.3 Å². The summed E-state index contributed by atoms with van der Waals surface area (Å²) >= 11 is 1.63. The number of aryl methyl sites for hydroxylation is 2. The van der Waals surface area contributed by atoms with E-state index in [-0.39, 0.29) is 0 Å². The third-order valence-electron chi connectivity index (χ3n) is 2.58. The lowest BCUT2D eigenvalue weighted by Crippen LogP contribution is -1.97. The van der Waals surface area contributed by atoms with Crippen LogP contribution in [0.3, 0.4) is 0 Å². The lowest BCUT2D eigenvalue weighted by atomic mass is 10.1. The van der Waals surface area contributed by atoms with E-state index in [4.69, 9.17) is 10.5 Å². The highest BCUT2D eigenvalue weighted by molar-refractivity contribution is 7.09. The minimum atomic E-state index is 0.532. The van der Waals surface area contributed by atoms with Crippen LogP contribution >= 0.6 is 11.3 Å². The molecule has 0 saturated heterocycles. The molecular formula is C13H16N2OS. The lowest BCUT2D eigenvalue weighted by Gasteiger charge is -2.03. The second-order valence-electron chi connectivity index (χ2n) is 3.79. The van der Waals surface area contributed by atoms with E-state index in [9.17, 15) is 0 Å². The second-order valence-corrected chi connectivity index (χ2v) is 4.73. The van der Waals surface area contributed by atoms with Gasteiger partial charge in [0.05, 0.1) is 12.8 Å². The predicted molar refractivity (Wildman–Crippen MR) is 70.4 cm³/mol. The third kappa shape index (κ3) is 3.28. The van der Waals surface area contributed by atoms with Crippen LogP contribution in [-0.4, -0.2) is 12.1 Å². The molecule has 1 heterocycles. The number of aromatic nitrogens is 1. The van der Waals surface area contributed by atoms with Gasteiger partial charge in [0, 0.05) is 11.9 Å². The number of methoxy groups -OCH3 is 1.